The third-order valence-corrected chi connectivity index (χ3v) is 5.08. The number of aliphatic imine (C=N–C) groups is 1. The van der Waals surface area contributed by atoms with Crippen LogP contribution in [0.15, 0.2) is 35.3 Å². The van der Waals surface area contributed by atoms with Gasteiger partial charge in [0.15, 0.2) is 5.96 Å². The van der Waals surface area contributed by atoms with Crippen LogP contribution in [-0.4, -0.2) is 80.6 Å². The Balaban J connectivity index is 1.83. The molecule has 29 heavy (non-hydrogen) atoms. The van der Waals surface area contributed by atoms with Gasteiger partial charge in [-0.1, -0.05) is 25.1 Å². The van der Waals surface area contributed by atoms with E-state index in [2.05, 4.69) is 29.4 Å². The number of likely N-dealkylation sites (N-methyl/N-ethyl adjacent to an activating group) is 1. The number of amides is 1. The smallest absolute Gasteiger partial charge is 0.236 e. The highest BCUT2D eigenvalue weighted by atomic mass is 16.5. The Labute approximate surface area is 175 Å². The molecular formula is C22H37N5O2. The maximum absolute atomic E-state index is 11.9. The second-order valence-corrected chi connectivity index (χ2v) is 7.66. The van der Waals surface area contributed by atoms with Gasteiger partial charge in [-0.3, -0.25) is 9.69 Å². The van der Waals surface area contributed by atoms with Gasteiger partial charge in [0.1, 0.15) is 11.9 Å². The quantitative estimate of drug-likeness (QED) is 0.487. The summed E-state index contributed by atoms with van der Waals surface area (Å²) in [5, 5.41) is 6.90. The van der Waals surface area contributed by atoms with E-state index < -0.39 is 0 Å². The molecule has 0 radical (unpaired) electrons. The zero-order valence-electron chi connectivity index (χ0n) is 18.4. The highest BCUT2D eigenvalue weighted by Gasteiger charge is 2.22. The molecule has 1 aromatic carbocycles. The number of guanidine groups is 1. The van der Waals surface area contributed by atoms with Crippen LogP contribution < -0.4 is 15.4 Å². The van der Waals surface area contributed by atoms with E-state index in [4.69, 9.17) is 9.73 Å². The second kappa shape index (κ2) is 12.3. The molecule has 0 spiro atoms. The average Bonchev–Trinajstić information content (AvgIpc) is 2.73. The maximum atomic E-state index is 11.9. The molecule has 1 fully saturated rings. The van der Waals surface area contributed by atoms with Crippen LogP contribution in [-0.2, 0) is 4.79 Å². The number of nitrogens with one attached hydrogen (secondary N) is 2. The van der Waals surface area contributed by atoms with Gasteiger partial charge in [-0.05, 0) is 38.3 Å². The Bertz CT molecular complexity index is 627. The van der Waals surface area contributed by atoms with Crippen LogP contribution in [0.4, 0.5) is 0 Å². The van der Waals surface area contributed by atoms with Gasteiger partial charge in [0.05, 0.1) is 13.1 Å². The number of ether oxygens (including phenoxy) is 1. The number of carbonyl (C=O) groups is 1. The Morgan fingerprint density at radius 2 is 1.93 bits per heavy atom. The van der Waals surface area contributed by atoms with Crippen molar-refractivity contribution in [3.05, 3.63) is 30.3 Å². The molecule has 1 unspecified atom stereocenters. The first-order valence-corrected chi connectivity index (χ1v) is 10.7. The molecule has 1 aromatic rings. The van der Waals surface area contributed by atoms with Gasteiger partial charge in [0.25, 0.3) is 0 Å². The number of hydrogen-bond acceptors (Lipinski definition) is 4. The molecule has 1 amide bonds. The first kappa shape index (κ1) is 23.0. The number of para-hydroxylation sites is 1. The van der Waals surface area contributed by atoms with Crippen molar-refractivity contribution in [1.29, 1.82) is 0 Å². The number of likely N-dealkylation sites (tertiary alicyclic amines) is 1. The third kappa shape index (κ3) is 8.31. The minimum absolute atomic E-state index is 0.0479. The second-order valence-electron chi connectivity index (χ2n) is 7.66. The fraction of sp³-hybridized carbons (Fsp3) is 0.636. The zero-order chi connectivity index (χ0) is 21.1. The van der Waals surface area contributed by atoms with Crippen molar-refractivity contribution in [2.24, 2.45) is 4.99 Å². The minimum Gasteiger partial charge on any atom is -0.489 e. The van der Waals surface area contributed by atoms with E-state index in [1.54, 1.807) is 19.0 Å². The molecule has 2 rings (SSSR count). The van der Waals surface area contributed by atoms with Crippen molar-refractivity contribution >= 4 is 11.9 Å². The summed E-state index contributed by atoms with van der Waals surface area (Å²) in [4.78, 5) is 20.5. The van der Waals surface area contributed by atoms with Crippen molar-refractivity contribution in [1.82, 2.24) is 20.4 Å². The molecule has 1 aliphatic rings. The number of nitrogens with zero attached hydrogens (tertiary/aromatic N) is 3. The first-order valence-electron chi connectivity index (χ1n) is 10.7. The van der Waals surface area contributed by atoms with Crippen LogP contribution in [0.2, 0.25) is 0 Å². The van der Waals surface area contributed by atoms with E-state index in [-0.39, 0.29) is 12.0 Å². The van der Waals surface area contributed by atoms with Crippen molar-refractivity contribution in [2.75, 3.05) is 46.8 Å². The number of rotatable bonds is 9. The Morgan fingerprint density at radius 3 is 2.52 bits per heavy atom. The predicted molar refractivity (Wildman–Crippen MR) is 118 cm³/mol. The molecule has 1 atom stereocenters. The highest BCUT2D eigenvalue weighted by Crippen LogP contribution is 2.13. The summed E-state index contributed by atoms with van der Waals surface area (Å²) >= 11 is 0. The fourth-order valence-electron chi connectivity index (χ4n) is 3.22. The maximum Gasteiger partial charge on any atom is 0.236 e. The van der Waals surface area contributed by atoms with E-state index in [0.717, 1.165) is 50.6 Å². The molecule has 0 aromatic heterocycles. The van der Waals surface area contributed by atoms with E-state index in [1.165, 1.54) is 0 Å². The van der Waals surface area contributed by atoms with Crippen molar-refractivity contribution in [2.45, 2.75) is 45.3 Å². The van der Waals surface area contributed by atoms with Crippen LogP contribution in [0.3, 0.4) is 0 Å². The first-order chi connectivity index (χ1) is 14.0. The van der Waals surface area contributed by atoms with E-state index >= 15 is 0 Å². The molecule has 0 bridgehead atoms. The summed E-state index contributed by atoms with van der Waals surface area (Å²) in [6, 6.07) is 10.3. The lowest BCUT2D eigenvalue weighted by atomic mass is 10.1. The van der Waals surface area contributed by atoms with Crippen LogP contribution in [0, 0.1) is 0 Å². The number of carbonyl (C=O) groups excluding carboxylic acids is 1. The number of benzene rings is 1. The van der Waals surface area contributed by atoms with Crippen molar-refractivity contribution in [3.8, 4) is 5.75 Å². The molecule has 7 heteroatoms. The van der Waals surface area contributed by atoms with Crippen LogP contribution in [0.5, 0.6) is 5.75 Å². The summed E-state index contributed by atoms with van der Waals surface area (Å²) in [5.74, 6) is 1.88. The van der Waals surface area contributed by atoms with Crippen molar-refractivity contribution in [3.63, 3.8) is 0 Å². The predicted octanol–water partition coefficient (Wildman–Crippen LogP) is 1.95. The van der Waals surface area contributed by atoms with E-state index in [1.807, 2.05) is 30.3 Å². The molecular weight excluding hydrogens is 366 g/mol. The summed E-state index contributed by atoms with van der Waals surface area (Å²) in [6.45, 7) is 7.97. The Hall–Kier alpha value is -2.28. The normalized spacial score (nSPS) is 16.9. The lowest BCUT2D eigenvalue weighted by Crippen LogP contribution is -2.50. The van der Waals surface area contributed by atoms with Crippen molar-refractivity contribution < 1.29 is 9.53 Å². The van der Waals surface area contributed by atoms with Gasteiger partial charge in [0.2, 0.25) is 5.91 Å². The number of piperidine rings is 1. The van der Waals surface area contributed by atoms with Gasteiger partial charge in [-0.25, -0.2) is 4.99 Å². The third-order valence-electron chi connectivity index (χ3n) is 5.08. The Morgan fingerprint density at radius 1 is 1.24 bits per heavy atom. The van der Waals surface area contributed by atoms with Gasteiger partial charge >= 0.3 is 0 Å². The zero-order valence-corrected chi connectivity index (χ0v) is 18.4. The Kier molecular flexibility index (Phi) is 9.77. The van der Waals surface area contributed by atoms with Crippen LogP contribution >= 0.6 is 0 Å². The fourth-order valence-corrected chi connectivity index (χ4v) is 3.22. The molecule has 2 N–H and O–H groups in total. The summed E-state index contributed by atoms with van der Waals surface area (Å²) < 4.78 is 6.05. The molecule has 0 aliphatic carbocycles. The molecule has 1 aliphatic heterocycles. The van der Waals surface area contributed by atoms with Gasteiger partial charge < -0.3 is 20.3 Å². The molecule has 1 heterocycles. The summed E-state index contributed by atoms with van der Waals surface area (Å²) in [6.07, 6.45) is 2.95. The van der Waals surface area contributed by atoms with E-state index in [9.17, 15) is 4.79 Å². The highest BCUT2D eigenvalue weighted by molar-refractivity contribution is 5.80. The molecule has 162 valence electrons. The van der Waals surface area contributed by atoms with Gasteiger partial charge in [0, 0.05) is 39.8 Å². The van der Waals surface area contributed by atoms with Crippen LogP contribution in [0.25, 0.3) is 0 Å². The SMILES string of the molecule is CCNC(=NCC(CC)Oc1ccccc1)NC1CCN(CC(=O)N(C)C)CC1. The standard InChI is InChI=1S/C22H37N5O2/c1-5-19(29-20-10-8-7-9-11-20)16-24-22(23-6-2)25-18-12-14-27(15-13-18)17-21(28)26(3)4/h7-11,18-19H,5-6,12-17H2,1-4H3,(H2,23,24,25). The molecule has 0 saturated carbocycles. The monoisotopic (exact) mass is 403 g/mol. The number of hydrogen-bond donors (Lipinski definition) is 2. The lowest BCUT2D eigenvalue weighted by molar-refractivity contribution is -0.130. The summed E-state index contributed by atoms with van der Waals surface area (Å²) in [5.41, 5.74) is 0. The van der Waals surface area contributed by atoms with Crippen LogP contribution in [0.1, 0.15) is 33.1 Å². The van der Waals surface area contributed by atoms with E-state index in [0.29, 0.717) is 19.1 Å². The molecule has 7 nitrogen and oxygen atoms in total. The summed E-state index contributed by atoms with van der Waals surface area (Å²) in [7, 11) is 3.61. The largest absolute Gasteiger partial charge is 0.489 e. The van der Waals surface area contributed by atoms with Gasteiger partial charge in [-0.15, -0.1) is 0 Å². The topological polar surface area (TPSA) is 69.2 Å². The van der Waals surface area contributed by atoms with Gasteiger partial charge in [-0.2, -0.15) is 0 Å². The lowest BCUT2D eigenvalue weighted by Gasteiger charge is -2.33. The average molecular weight is 404 g/mol. The molecule has 1 saturated heterocycles. The minimum atomic E-state index is 0.0479.